The van der Waals surface area contributed by atoms with E-state index in [9.17, 15) is 14.0 Å². The monoisotopic (exact) mass is 374 g/mol. The average molecular weight is 375 g/mol. The van der Waals surface area contributed by atoms with Crippen molar-refractivity contribution >= 4 is 28.5 Å². The average Bonchev–Trinajstić information content (AvgIpc) is 2.60. The van der Waals surface area contributed by atoms with Gasteiger partial charge in [-0.25, -0.2) is 9.18 Å². The van der Waals surface area contributed by atoms with Gasteiger partial charge in [-0.05, 0) is 48.7 Å². The number of halogens is 2. The number of carbonyl (C=O) groups excluding carboxylic acids is 1. The van der Waals surface area contributed by atoms with E-state index in [1.54, 1.807) is 24.3 Å². The van der Waals surface area contributed by atoms with Crippen molar-refractivity contribution < 1.29 is 18.3 Å². The molecule has 6 heteroatoms. The molecule has 0 N–H and O–H groups in total. The van der Waals surface area contributed by atoms with Crippen LogP contribution in [0.15, 0.2) is 51.7 Å². The maximum atomic E-state index is 12.9. The first-order valence-corrected chi connectivity index (χ1v) is 8.43. The molecule has 0 radical (unpaired) electrons. The van der Waals surface area contributed by atoms with Crippen molar-refractivity contribution in [3.05, 3.63) is 80.4 Å². The number of fused-ring (bicyclic) bond motifs is 1. The Balaban J connectivity index is 1.69. The predicted octanol–water partition coefficient (Wildman–Crippen LogP) is 4.57. The van der Waals surface area contributed by atoms with Gasteiger partial charge in [0, 0.05) is 28.5 Å². The molecule has 0 unspecified atom stereocenters. The molecule has 0 amide bonds. The molecule has 4 nitrogen and oxygen atoms in total. The Bertz CT molecular complexity index is 1010. The van der Waals surface area contributed by atoms with Crippen LogP contribution in [0, 0.1) is 12.7 Å². The van der Waals surface area contributed by atoms with E-state index in [-0.39, 0.29) is 18.8 Å². The molecular weight excluding hydrogens is 359 g/mol. The van der Waals surface area contributed by atoms with Crippen molar-refractivity contribution in [2.24, 2.45) is 0 Å². The van der Waals surface area contributed by atoms with Gasteiger partial charge in [0.15, 0.2) is 0 Å². The summed E-state index contributed by atoms with van der Waals surface area (Å²) in [7, 11) is 0. The predicted molar refractivity (Wildman–Crippen MR) is 96.7 cm³/mol. The SMILES string of the molecule is Cc1cc2oc(=O)cc(COC(=O)CCc3ccc(F)cc3)c2cc1Cl. The summed E-state index contributed by atoms with van der Waals surface area (Å²) in [6, 6.07) is 10.6. The number of aryl methyl sites for hydroxylation is 2. The van der Waals surface area contributed by atoms with Crippen molar-refractivity contribution in [1.29, 1.82) is 0 Å². The molecule has 0 aliphatic rings. The number of hydrogen-bond donors (Lipinski definition) is 0. The summed E-state index contributed by atoms with van der Waals surface area (Å²) in [5.74, 6) is -0.728. The van der Waals surface area contributed by atoms with Gasteiger partial charge in [-0.1, -0.05) is 23.7 Å². The zero-order valence-electron chi connectivity index (χ0n) is 14.1. The van der Waals surface area contributed by atoms with E-state index >= 15 is 0 Å². The number of ether oxygens (including phenoxy) is 1. The van der Waals surface area contributed by atoms with Crippen LogP contribution in [0.3, 0.4) is 0 Å². The van der Waals surface area contributed by atoms with Crippen LogP contribution in [-0.2, 0) is 22.6 Å². The lowest BCUT2D eigenvalue weighted by Crippen LogP contribution is -2.08. The second kappa shape index (κ2) is 7.70. The summed E-state index contributed by atoms with van der Waals surface area (Å²) < 4.78 is 23.3. The third-order valence-electron chi connectivity index (χ3n) is 4.03. The second-order valence-electron chi connectivity index (χ2n) is 5.98. The number of benzene rings is 2. The van der Waals surface area contributed by atoms with Gasteiger partial charge in [-0.15, -0.1) is 0 Å². The largest absolute Gasteiger partial charge is 0.461 e. The molecule has 1 aromatic heterocycles. The quantitative estimate of drug-likeness (QED) is 0.485. The fraction of sp³-hybridized carbons (Fsp3) is 0.200. The van der Waals surface area contributed by atoms with Gasteiger partial charge < -0.3 is 9.15 Å². The normalized spacial score (nSPS) is 10.9. The first-order chi connectivity index (χ1) is 12.4. The van der Waals surface area contributed by atoms with Gasteiger partial charge in [-0.3, -0.25) is 4.79 Å². The molecule has 134 valence electrons. The van der Waals surface area contributed by atoms with Crippen molar-refractivity contribution in [2.75, 3.05) is 0 Å². The fourth-order valence-corrected chi connectivity index (χ4v) is 2.76. The molecule has 0 spiro atoms. The summed E-state index contributed by atoms with van der Waals surface area (Å²) in [5, 5.41) is 1.17. The van der Waals surface area contributed by atoms with Crippen LogP contribution >= 0.6 is 11.6 Å². The van der Waals surface area contributed by atoms with Crippen LogP contribution in [0.1, 0.15) is 23.1 Å². The van der Waals surface area contributed by atoms with Gasteiger partial charge in [0.05, 0.1) is 0 Å². The molecule has 1 heterocycles. The first-order valence-electron chi connectivity index (χ1n) is 8.05. The lowest BCUT2D eigenvalue weighted by molar-refractivity contribution is -0.144. The van der Waals surface area contributed by atoms with Crippen molar-refractivity contribution in [1.82, 2.24) is 0 Å². The van der Waals surface area contributed by atoms with Crippen LogP contribution in [0.4, 0.5) is 4.39 Å². The molecule has 3 aromatic rings. The highest BCUT2D eigenvalue weighted by Gasteiger charge is 2.11. The maximum absolute atomic E-state index is 12.9. The molecule has 0 atom stereocenters. The Morgan fingerprint density at radius 2 is 1.92 bits per heavy atom. The molecule has 0 fully saturated rings. The van der Waals surface area contributed by atoms with Crippen molar-refractivity contribution in [3.63, 3.8) is 0 Å². The van der Waals surface area contributed by atoms with E-state index in [4.69, 9.17) is 20.8 Å². The molecule has 0 saturated carbocycles. The summed E-state index contributed by atoms with van der Waals surface area (Å²) in [4.78, 5) is 23.7. The lowest BCUT2D eigenvalue weighted by Gasteiger charge is -2.09. The Morgan fingerprint density at radius 3 is 2.65 bits per heavy atom. The fourth-order valence-electron chi connectivity index (χ4n) is 2.60. The van der Waals surface area contributed by atoms with Gasteiger partial charge in [0.1, 0.15) is 18.0 Å². The van der Waals surface area contributed by atoms with Crippen LogP contribution < -0.4 is 5.63 Å². The van der Waals surface area contributed by atoms with Crippen molar-refractivity contribution in [3.8, 4) is 0 Å². The van der Waals surface area contributed by atoms with E-state index in [1.165, 1.54) is 18.2 Å². The van der Waals surface area contributed by atoms with Crippen molar-refractivity contribution in [2.45, 2.75) is 26.4 Å². The van der Waals surface area contributed by atoms with E-state index in [0.717, 1.165) is 11.1 Å². The molecule has 0 aliphatic heterocycles. The zero-order valence-corrected chi connectivity index (χ0v) is 14.8. The number of esters is 1. The summed E-state index contributed by atoms with van der Waals surface area (Å²) >= 11 is 6.14. The molecule has 0 aliphatic carbocycles. The standard InChI is InChI=1S/C20H16ClFO4/c1-12-8-18-16(10-17(12)21)14(9-20(24)26-18)11-25-19(23)7-4-13-2-5-15(22)6-3-13/h2-3,5-6,8-10H,4,7,11H2,1H3. The number of rotatable bonds is 5. The Hall–Kier alpha value is -2.66. The van der Waals surface area contributed by atoms with E-state index < -0.39 is 11.6 Å². The van der Waals surface area contributed by atoms with E-state index in [1.807, 2.05) is 6.92 Å². The van der Waals surface area contributed by atoms with Gasteiger partial charge in [0.25, 0.3) is 0 Å². The molecule has 0 saturated heterocycles. The van der Waals surface area contributed by atoms with Gasteiger partial charge in [-0.2, -0.15) is 0 Å². The van der Waals surface area contributed by atoms with Crippen LogP contribution in [0.2, 0.25) is 5.02 Å². The van der Waals surface area contributed by atoms with Gasteiger partial charge in [0.2, 0.25) is 0 Å². The highest BCUT2D eigenvalue weighted by molar-refractivity contribution is 6.32. The summed E-state index contributed by atoms with van der Waals surface area (Å²) in [5.41, 5.74) is 2.05. The molecular formula is C20H16ClFO4. The topological polar surface area (TPSA) is 56.5 Å². The number of hydrogen-bond acceptors (Lipinski definition) is 4. The summed E-state index contributed by atoms with van der Waals surface area (Å²) in [6.07, 6.45) is 0.604. The Kier molecular flexibility index (Phi) is 5.38. The number of carbonyl (C=O) groups is 1. The minimum Gasteiger partial charge on any atom is -0.461 e. The Labute approximate surface area is 154 Å². The smallest absolute Gasteiger partial charge is 0.336 e. The maximum Gasteiger partial charge on any atom is 0.336 e. The lowest BCUT2D eigenvalue weighted by atomic mass is 10.1. The molecule has 2 aromatic carbocycles. The third-order valence-corrected chi connectivity index (χ3v) is 4.44. The van der Waals surface area contributed by atoms with Crippen LogP contribution in [-0.4, -0.2) is 5.97 Å². The minimum absolute atomic E-state index is 0.0518. The third kappa shape index (κ3) is 4.29. The van der Waals surface area contributed by atoms with E-state index in [0.29, 0.717) is 28.0 Å². The highest BCUT2D eigenvalue weighted by Crippen LogP contribution is 2.25. The minimum atomic E-state index is -0.517. The summed E-state index contributed by atoms with van der Waals surface area (Å²) in [6.45, 7) is 1.76. The second-order valence-corrected chi connectivity index (χ2v) is 6.38. The van der Waals surface area contributed by atoms with E-state index in [2.05, 4.69) is 0 Å². The molecule has 3 rings (SSSR count). The molecule has 0 bridgehead atoms. The highest BCUT2D eigenvalue weighted by atomic mass is 35.5. The first kappa shape index (κ1) is 18.1. The van der Waals surface area contributed by atoms with Gasteiger partial charge >= 0.3 is 11.6 Å². The van der Waals surface area contributed by atoms with Crippen LogP contribution in [0.5, 0.6) is 0 Å². The molecule has 26 heavy (non-hydrogen) atoms. The zero-order chi connectivity index (χ0) is 18.7. The Morgan fingerprint density at radius 1 is 1.19 bits per heavy atom. The van der Waals surface area contributed by atoms with Crippen LogP contribution in [0.25, 0.3) is 11.0 Å².